The molecule has 1 aromatic carbocycles. The molecule has 106 valence electrons. The number of piperidine rings is 1. The first-order chi connectivity index (χ1) is 8.58. The van der Waals surface area contributed by atoms with Gasteiger partial charge in [-0.05, 0) is 50.9 Å². The van der Waals surface area contributed by atoms with Crippen LogP contribution < -0.4 is 10.6 Å². The van der Waals surface area contributed by atoms with Crippen LogP contribution in [0.2, 0.25) is 0 Å². The van der Waals surface area contributed by atoms with Crippen LogP contribution in [0.5, 0.6) is 0 Å². The molecule has 2 rings (SSSR count). The third kappa shape index (κ3) is 4.20. The first kappa shape index (κ1) is 16.5. The van der Waals surface area contributed by atoms with E-state index in [2.05, 4.69) is 33.5 Å². The van der Waals surface area contributed by atoms with Gasteiger partial charge in [-0.25, -0.2) is 0 Å². The lowest BCUT2D eigenvalue weighted by Gasteiger charge is -2.28. The summed E-state index contributed by atoms with van der Waals surface area (Å²) in [5.41, 5.74) is 1.76. The van der Waals surface area contributed by atoms with Crippen LogP contribution in [-0.2, 0) is 0 Å². The van der Waals surface area contributed by atoms with Gasteiger partial charge in [-0.1, -0.05) is 22.0 Å². The molecule has 1 aromatic rings. The molecular weight excluding hydrogens is 328 g/mol. The fourth-order valence-corrected chi connectivity index (χ4v) is 2.75. The molecule has 1 fully saturated rings. The van der Waals surface area contributed by atoms with Gasteiger partial charge in [-0.2, -0.15) is 0 Å². The molecule has 3 nitrogen and oxygen atoms in total. The molecule has 2 unspecified atom stereocenters. The molecule has 1 aliphatic rings. The Kier molecular flexibility index (Phi) is 6.30. The molecule has 0 bridgehead atoms. The summed E-state index contributed by atoms with van der Waals surface area (Å²) in [6, 6.07) is 6.50. The average Bonchev–Trinajstić information content (AvgIpc) is 2.32. The third-order valence-corrected chi connectivity index (χ3v) is 4.33. The van der Waals surface area contributed by atoms with E-state index < -0.39 is 0 Å². The van der Waals surface area contributed by atoms with Gasteiger partial charge in [0.2, 0.25) is 0 Å². The Morgan fingerprint density at radius 2 is 2.21 bits per heavy atom. The summed E-state index contributed by atoms with van der Waals surface area (Å²) in [7, 11) is 0. The molecule has 0 aliphatic carbocycles. The number of halogens is 2. The zero-order chi connectivity index (χ0) is 13.1. The zero-order valence-electron chi connectivity index (χ0n) is 11.2. The van der Waals surface area contributed by atoms with E-state index in [1.54, 1.807) is 0 Å². The second-order valence-electron chi connectivity index (χ2n) is 4.96. The molecule has 0 radical (unpaired) electrons. The molecule has 0 saturated carbocycles. The molecule has 1 aliphatic heterocycles. The van der Waals surface area contributed by atoms with E-state index in [0.29, 0.717) is 6.04 Å². The Morgan fingerprint density at radius 1 is 1.47 bits per heavy atom. The van der Waals surface area contributed by atoms with Crippen molar-refractivity contribution < 1.29 is 4.79 Å². The molecule has 1 heterocycles. The molecule has 5 heteroatoms. The zero-order valence-corrected chi connectivity index (χ0v) is 13.6. The van der Waals surface area contributed by atoms with Gasteiger partial charge in [0, 0.05) is 22.1 Å². The maximum absolute atomic E-state index is 12.2. The standard InChI is InChI=1S/C14H19BrN2O.ClH/c1-9-8-11(6-7-16-9)17-14(18)12-4-3-5-13(15)10(12)2;/h3-5,9,11,16H,6-8H2,1-2H3,(H,17,18);1H. The largest absolute Gasteiger partial charge is 0.349 e. The minimum absolute atomic E-state index is 0. The number of benzene rings is 1. The molecule has 19 heavy (non-hydrogen) atoms. The monoisotopic (exact) mass is 346 g/mol. The van der Waals surface area contributed by atoms with E-state index in [1.165, 1.54) is 0 Å². The highest BCUT2D eigenvalue weighted by Gasteiger charge is 2.21. The topological polar surface area (TPSA) is 41.1 Å². The van der Waals surface area contributed by atoms with Gasteiger partial charge < -0.3 is 10.6 Å². The Labute approximate surface area is 129 Å². The van der Waals surface area contributed by atoms with Crippen molar-refractivity contribution in [2.45, 2.75) is 38.8 Å². The van der Waals surface area contributed by atoms with Crippen LogP contribution >= 0.6 is 28.3 Å². The Hall–Kier alpha value is -0.580. The van der Waals surface area contributed by atoms with Crippen molar-refractivity contribution >= 4 is 34.2 Å². The minimum atomic E-state index is 0. The summed E-state index contributed by atoms with van der Waals surface area (Å²) in [6.07, 6.45) is 2.00. The first-order valence-corrected chi connectivity index (χ1v) is 7.16. The predicted octanol–water partition coefficient (Wildman–Crippen LogP) is 3.05. The fourth-order valence-electron chi connectivity index (χ4n) is 2.38. The second kappa shape index (κ2) is 7.27. The SMILES string of the molecule is Cc1c(Br)cccc1C(=O)NC1CCNC(C)C1.Cl. The van der Waals surface area contributed by atoms with E-state index in [4.69, 9.17) is 0 Å². The van der Waals surface area contributed by atoms with Gasteiger partial charge in [0.05, 0.1) is 0 Å². The van der Waals surface area contributed by atoms with Crippen LogP contribution in [0.4, 0.5) is 0 Å². The Bertz CT molecular complexity index is 453. The van der Waals surface area contributed by atoms with Crippen molar-refractivity contribution in [3.05, 3.63) is 33.8 Å². The molecule has 1 amide bonds. The van der Waals surface area contributed by atoms with Crippen molar-refractivity contribution in [1.29, 1.82) is 0 Å². The number of nitrogens with one attached hydrogen (secondary N) is 2. The number of carbonyl (C=O) groups is 1. The Balaban J connectivity index is 0.00000180. The predicted molar refractivity (Wildman–Crippen MR) is 84.1 cm³/mol. The quantitative estimate of drug-likeness (QED) is 0.863. The van der Waals surface area contributed by atoms with Crippen LogP contribution in [0.15, 0.2) is 22.7 Å². The minimum Gasteiger partial charge on any atom is -0.349 e. The summed E-state index contributed by atoms with van der Waals surface area (Å²) >= 11 is 3.46. The maximum Gasteiger partial charge on any atom is 0.251 e. The average molecular weight is 348 g/mol. The lowest BCUT2D eigenvalue weighted by atomic mass is 9.99. The number of amides is 1. The smallest absolute Gasteiger partial charge is 0.251 e. The van der Waals surface area contributed by atoms with Gasteiger partial charge in [-0.3, -0.25) is 4.79 Å². The van der Waals surface area contributed by atoms with Crippen molar-refractivity contribution in [2.24, 2.45) is 0 Å². The van der Waals surface area contributed by atoms with Crippen molar-refractivity contribution in [3.63, 3.8) is 0 Å². The van der Waals surface area contributed by atoms with Crippen LogP contribution in [-0.4, -0.2) is 24.5 Å². The number of carbonyl (C=O) groups excluding carboxylic acids is 1. The third-order valence-electron chi connectivity index (χ3n) is 3.47. The molecule has 0 aromatic heterocycles. The number of rotatable bonds is 2. The summed E-state index contributed by atoms with van der Waals surface area (Å²) < 4.78 is 0.980. The number of hydrogen-bond acceptors (Lipinski definition) is 2. The molecule has 0 spiro atoms. The summed E-state index contributed by atoms with van der Waals surface area (Å²) in [4.78, 5) is 12.2. The van der Waals surface area contributed by atoms with Crippen LogP contribution in [0, 0.1) is 6.92 Å². The van der Waals surface area contributed by atoms with Crippen LogP contribution in [0.1, 0.15) is 35.7 Å². The van der Waals surface area contributed by atoms with E-state index >= 15 is 0 Å². The fraction of sp³-hybridized carbons (Fsp3) is 0.500. The maximum atomic E-state index is 12.2. The van der Waals surface area contributed by atoms with Crippen molar-refractivity contribution in [3.8, 4) is 0 Å². The normalized spacial score (nSPS) is 22.5. The van der Waals surface area contributed by atoms with Crippen LogP contribution in [0.3, 0.4) is 0 Å². The van der Waals surface area contributed by atoms with E-state index in [1.807, 2.05) is 25.1 Å². The Morgan fingerprint density at radius 3 is 2.89 bits per heavy atom. The van der Waals surface area contributed by atoms with Crippen molar-refractivity contribution in [2.75, 3.05) is 6.54 Å². The highest BCUT2D eigenvalue weighted by atomic mass is 79.9. The highest BCUT2D eigenvalue weighted by molar-refractivity contribution is 9.10. The number of hydrogen-bond donors (Lipinski definition) is 2. The molecule has 1 saturated heterocycles. The summed E-state index contributed by atoms with van der Waals surface area (Å²) in [6.45, 7) is 5.09. The van der Waals surface area contributed by atoms with Crippen molar-refractivity contribution in [1.82, 2.24) is 10.6 Å². The molecular formula is C14H20BrClN2O. The van der Waals surface area contributed by atoms with Gasteiger partial charge in [0.25, 0.3) is 5.91 Å². The summed E-state index contributed by atoms with van der Waals surface area (Å²) in [5, 5.41) is 6.52. The van der Waals surface area contributed by atoms with Gasteiger partial charge >= 0.3 is 0 Å². The van der Waals surface area contributed by atoms with Gasteiger partial charge in [-0.15, -0.1) is 12.4 Å². The second-order valence-corrected chi connectivity index (χ2v) is 5.82. The molecule has 2 N–H and O–H groups in total. The highest BCUT2D eigenvalue weighted by Crippen LogP contribution is 2.20. The lowest BCUT2D eigenvalue weighted by molar-refractivity contribution is 0.0925. The lowest BCUT2D eigenvalue weighted by Crippen LogP contribution is -2.46. The molecule has 2 atom stereocenters. The summed E-state index contributed by atoms with van der Waals surface area (Å²) in [5.74, 6) is 0.0351. The van der Waals surface area contributed by atoms with E-state index in [9.17, 15) is 4.79 Å². The van der Waals surface area contributed by atoms with E-state index in [-0.39, 0.29) is 24.4 Å². The first-order valence-electron chi connectivity index (χ1n) is 6.37. The van der Waals surface area contributed by atoms with Crippen LogP contribution in [0.25, 0.3) is 0 Å². The van der Waals surface area contributed by atoms with E-state index in [0.717, 1.165) is 35.0 Å². The van der Waals surface area contributed by atoms with Gasteiger partial charge in [0.1, 0.15) is 0 Å². The van der Waals surface area contributed by atoms with Gasteiger partial charge in [0.15, 0.2) is 0 Å².